The molecule has 0 radical (unpaired) electrons. The molecular weight excluding hydrogens is 306 g/mol. The molecule has 0 saturated heterocycles. The summed E-state index contributed by atoms with van der Waals surface area (Å²) in [5.74, 6) is -1.16. The lowest BCUT2D eigenvalue weighted by atomic mass is 10.1. The lowest BCUT2D eigenvalue weighted by Crippen LogP contribution is -2.43. The number of hydrogen-bond donors (Lipinski definition) is 2. The highest BCUT2D eigenvalue weighted by atomic mass is 32.1. The van der Waals surface area contributed by atoms with Crippen molar-refractivity contribution < 1.29 is 24.2 Å². The molecule has 22 heavy (non-hydrogen) atoms. The highest BCUT2D eigenvalue weighted by Gasteiger charge is 2.23. The van der Waals surface area contributed by atoms with Gasteiger partial charge in [0.1, 0.15) is 11.6 Å². The van der Waals surface area contributed by atoms with Crippen LogP contribution in [0.5, 0.6) is 0 Å². The number of Topliss-reactive ketones (excluding diaryl/α,β-unsaturated/α-hetero) is 1. The van der Waals surface area contributed by atoms with Gasteiger partial charge in [-0.1, -0.05) is 6.07 Å². The lowest BCUT2D eigenvalue weighted by molar-refractivity contribution is -0.139. The Labute approximate surface area is 133 Å². The maximum Gasteiger partial charge on any atom is 0.408 e. The minimum Gasteiger partial charge on any atom is -0.480 e. The summed E-state index contributed by atoms with van der Waals surface area (Å²) in [5, 5.41) is 13.2. The van der Waals surface area contributed by atoms with Gasteiger partial charge in [0.15, 0.2) is 5.78 Å². The number of carbonyl (C=O) groups excluding carboxylic acids is 2. The monoisotopic (exact) mass is 327 g/mol. The molecule has 1 aromatic heterocycles. The van der Waals surface area contributed by atoms with Gasteiger partial charge >= 0.3 is 12.1 Å². The first kappa shape index (κ1) is 18.2. The molecule has 1 unspecified atom stereocenters. The third-order valence-electron chi connectivity index (χ3n) is 2.68. The highest BCUT2D eigenvalue weighted by Crippen LogP contribution is 2.14. The van der Waals surface area contributed by atoms with Crippen LogP contribution in [0.3, 0.4) is 0 Å². The molecule has 0 fully saturated rings. The summed E-state index contributed by atoms with van der Waals surface area (Å²) in [6.45, 7) is 5.09. The van der Waals surface area contributed by atoms with Crippen molar-refractivity contribution in [1.82, 2.24) is 5.32 Å². The van der Waals surface area contributed by atoms with Crippen LogP contribution in [-0.2, 0) is 9.53 Å². The van der Waals surface area contributed by atoms with Crippen molar-refractivity contribution in [2.75, 3.05) is 0 Å². The lowest BCUT2D eigenvalue weighted by Gasteiger charge is -2.21. The summed E-state index contributed by atoms with van der Waals surface area (Å²) in [6, 6.07) is 2.47. The minimum absolute atomic E-state index is 0.0172. The quantitative estimate of drug-likeness (QED) is 0.751. The van der Waals surface area contributed by atoms with Gasteiger partial charge in [0, 0.05) is 6.42 Å². The number of rotatable bonds is 7. The number of alkyl carbamates (subject to hydrolysis) is 1. The Morgan fingerprint density at radius 1 is 1.36 bits per heavy atom. The molecule has 1 amide bonds. The van der Waals surface area contributed by atoms with E-state index in [0.29, 0.717) is 11.3 Å². The second kappa shape index (κ2) is 7.93. The van der Waals surface area contributed by atoms with E-state index >= 15 is 0 Å². The number of thiophene rings is 1. The van der Waals surface area contributed by atoms with Gasteiger partial charge in [-0.15, -0.1) is 11.3 Å². The molecule has 1 aromatic rings. The van der Waals surface area contributed by atoms with Crippen LogP contribution in [0.1, 0.15) is 49.7 Å². The smallest absolute Gasteiger partial charge is 0.408 e. The number of nitrogens with one attached hydrogen (secondary N) is 1. The number of amides is 1. The Hall–Kier alpha value is -1.89. The second-order valence-corrected chi connectivity index (χ2v) is 6.78. The number of ketones is 1. The van der Waals surface area contributed by atoms with E-state index in [2.05, 4.69) is 5.32 Å². The van der Waals surface area contributed by atoms with Crippen LogP contribution >= 0.6 is 11.3 Å². The number of aliphatic carboxylic acids is 1. The van der Waals surface area contributed by atoms with E-state index < -0.39 is 23.7 Å². The van der Waals surface area contributed by atoms with E-state index in [1.807, 2.05) is 5.38 Å². The van der Waals surface area contributed by atoms with Crippen molar-refractivity contribution >= 4 is 29.2 Å². The summed E-state index contributed by atoms with van der Waals surface area (Å²) < 4.78 is 5.03. The van der Waals surface area contributed by atoms with Crippen molar-refractivity contribution in [2.45, 2.75) is 51.7 Å². The van der Waals surface area contributed by atoms with Crippen LogP contribution < -0.4 is 5.32 Å². The van der Waals surface area contributed by atoms with Gasteiger partial charge in [-0.3, -0.25) is 4.79 Å². The number of carbonyl (C=O) groups is 3. The summed E-state index contributed by atoms with van der Waals surface area (Å²) in [7, 11) is 0. The third kappa shape index (κ3) is 6.71. The zero-order chi connectivity index (χ0) is 16.8. The Kier molecular flexibility index (Phi) is 6.55. The third-order valence-corrected chi connectivity index (χ3v) is 3.59. The Morgan fingerprint density at radius 3 is 2.55 bits per heavy atom. The Bertz CT molecular complexity index is 519. The summed E-state index contributed by atoms with van der Waals surface area (Å²) in [6.07, 6.45) is 0.0274. The van der Waals surface area contributed by atoms with Crippen molar-refractivity contribution in [1.29, 1.82) is 0 Å². The average Bonchev–Trinajstić information content (AvgIpc) is 2.88. The van der Waals surface area contributed by atoms with Crippen LogP contribution in [0.25, 0.3) is 0 Å². The van der Waals surface area contributed by atoms with Crippen LogP contribution in [0.4, 0.5) is 4.79 Å². The van der Waals surface area contributed by atoms with Crippen LogP contribution in [0.2, 0.25) is 0 Å². The summed E-state index contributed by atoms with van der Waals surface area (Å²) >= 11 is 1.36. The molecule has 0 spiro atoms. The van der Waals surface area contributed by atoms with Gasteiger partial charge in [0.05, 0.1) is 4.88 Å². The van der Waals surface area contributed by atoms with Crippen LogP contribution in [0.15, 0.2) is 17.5 Å². The van der Waals surface area contributed by atoms with E-state index in [-0.39, 0.29) is 18.6 Å². The van der Waals surface area contributed by atoms with Crippen LogP contribution in [0, 0.1) is 0 Å². The standard InChI is InChI=1S/C15H21NO5S/c1-15(2,3)21-14(20)16-10(13(18)19)6-4-7-11(17)12-8-5-9-22-12/h5,8-10H,4,6-7H2,1-3H3,(H,16,20)(H,18,19). The molecule has 122 valence electrons. The Balaban J connectivity index is 2.43. The molecule has 0 aliphatic heterocycles. The molecule has 0 bridgehead atoms. The molecule has 0 saturated carbocycles. The zero-order valence-electron chi connectivity index (χ0n) is 12.9. The maximum absolute atomic E-state index is 11.8. The predicted octanol–water partition coefficient (Wildman–Crippen LogP) is 3.08. The number of ether oxygens (including phenoxy) is 1. The molecule has 2 N–H and O–H groups in total. The maximum atomic E-state index is 11.8. The van der Waals surface area contributed by atoms with Crippen molar-refractivity contribution in [3.63, 3.8) is 0 Å². The first-order valence-electron chi connectivity index (χ1n) is 6.98. The van der Waals surface area contributed by atoms with Gasteiger partial charge in [0.2, 0.25) is 0 Å². The molecule has 0 aliphatic rings. The Morgan fingerprint density at radius 2 is 2.05 bits per heavy atom. The highest BCUT2D eigenvalue weighted by molar-refractivity contribution is 7.12. The van der Waals surface area contributed by atoms with E-state index in [1.165, 1.54) is 11.3 Å². The summed E-state index contributed by atoms with van der Waals surface area (Å²) in [4.78, 5) is 35.2. The summed E-state index contributed by atoms with van der Waals surface area (Å²) in [5.41, 5.74) is -0.692. The van der Waals surface area contributed by atoms with Gasteiger partial charge in [0.25, 0.3) is 0 Å². The van der Waals surface area contributed by atoms with E-state index in [9.17, 15) is 14.4 Å². The number of hydrogen-bond acceptors (Lipinski definition) is 5. The fraction of sp³-hybridized carbons (Fsp3) is 0.533. The van der Waals surface area contributed by atoms with E-state index in [1.54, 1.807) is 32.9 Å². The topological polar surface area (TPSA) is 92.7 Å². The van der Waals surface area contributed by atoms with Crippen molar-refractivity contribution in [2.24, 2.45) is 0 Å². The van der Waals surface area contributed by atoms with Gasteiger partial charge < -0.3 is 15.2 Å². The SMILES string of the molecule is CC(C)(C)OC(=O)NC(CCCC(=O)c1cccs1)C(=O)O. The van der Waals surface area contributed by atoms with Gasteiger partial charge in [-0.2, -0.15) is 0 Å². The second-order valence-electron chi connectivity index (χ2n) is 5.83. The fourth-order valence-corrected chi connectivity index (χ4v) is 2.43. The molecular formula is C15H21NO5S. The van der Waals surface area contributed by atoms with Crippen LogP contribution in [-0.4, -0.2) is 34.6 Å². The van der Waals surface area contributed by atoms with E-state index in [0.717, 1.165) is 0 Å². The van der Waals surface area contributed by atoms with E-state index in [4.69, 9.17) is 9.84 Å². The predicted molar refractivity (Wildman–Crippen MR) is 83.3 cm³/mol. The molecule has 6 nitrogen and oxygen atoms in total. The first-order chi connectivity index (χ1) is 10.2. The molecule has 0 aliphatic carbocycles. The molecule has 1 heterocycles. The van der Waals surface area contributed by atoms with Crippen molar-refractivity contribution in [3.05, 3.63) is 22.4 Å². The van der Waals surface area contributed by atoms with Gasteiger partial charge in [-0.05, 0) is 45.1 Å². The normalized spacial score (nSPS) is 12.5. The average molecular weight is 327 g/mol. The van der Waals surface area contributed by atoms with Gasteiger partial charge in [-0.25, -0.2) is 9.59 Å². The number of carboxylic acid groups (broad SMARTS) is 1. The van der Waals surface area contributed by atoms with Crippen molar-refractivity contribution in [3.8, 4) is 0 Å². The molecule has 7 heteroatoms. The minimum atomic E-state index is -1.14. The number of carboxylic acids is 1. The molecule has 0 aromatic carbocycles. The first-order valence-corrected chi connectivity index (χ1v) is 7.86. The zero-order valence-corrected chi connectivity index (χ0v) is 13.7. The molecule has 1 rings (SSSR count). The molecule has 1 atom stereocenters. The largest absolute Gasteiger partial charge is 0.480 e. The fourth-order valence-electron chi connectivity index (χ4n) is 1.73.